The van der Waals surface area contributed by atoms with Crippen LogP contribution in [0, 0.1) is 0 Å². The highest BCUT2D eigenvalue weighted by Gasteiger charge is 2.44. The third kappa shape index (κ3) is 39.7. The van der Waals surface area contributed by atoms with Crippen LogP contribution in [-0.4, -0.2) is 87.5 Å². The smallest absolute Gasteiger partial charge is 0.220 e. The van der Waals surface area contributed by atoms with Gasteiger partial charge in [-0.15, -0.1) is 0 Å². The van der Waals surface area contributed by atoms with Crippen LogP contribution in [0.25, 0.3) is 0 Å². The number of aliphatic hydroxyl groups is 5. The first-order valence-electron chi connectivity index (χ1n) is 29.9. The second-order valence-corrected chi connectivity index (χ2v) is 20.8. The Bertz CT molecular complexity index is 1240. The Morgan fingerprint density at radius 1 is 0.471 bits per heavy atom. The van der Waals surface area contributed by atoms with Crippen LogP contribution in [0.2, 0.25) is 0 Å². The lowest BCUT2D eigenvalue weighted by Gasteiger charge is -2.40. The van der Waals surface area contributed by atoms with Gasteiger partial charge in [0.25, 0.3) is 0 Å². The van der Waals surface area contributed by atoms with Crippen LogP contribution in [-0.2, 0) is 14.3 Å². The van der Waals surface area contributed by atoms with E-state index in [9.17, 15) is 30.3 Å². The van der Waals surface area contributed by atoms with Crippen LogP contribution in [0.3, 0.4) is 0 Å². The van der Waals surface area contributed by atoms with Crippen LogP contribution in [0.5, 0.6) is 0 Å². The number of carbonyl (C=O) groups is 1. The van der Waals surface area contributed by atoms with Crippen molar-refractivity contribution in [1.29, 1.82) is 0 Å². The molecular weight excluding hydrogens is 875 g/mol. The summed E-state index contributed by atoms with van der Waals surface area (Å²) < 4.78 is 11.3. The van der Waals surface area contributed by atoms with Crippen LogP contribution >= 0.6 is 0 Å². The van der Waals surface area contributed by atoms with Crippen LogP contribution in [0.1, 0.15) is 277 Å². The SMILES string of the molecule is CCCCCCCCCC/C=C\CCCCCCCCCCCCCC(=O)NC(COC1OC(CO)C(O)C(O)C1O)C(O)/C=C/CC/C=C/CC/C=C/CCCCCCCCCCCCCCCC. The average molecular weight is 989 g/mol. The second kappa shape index (κ2) is 50.7. The monoisotopic (exact) mass is 988 g/mol. The van der Waals surface area contributed by atoms with Crippen molar-refractivity contribution in [1.82, 2.24) is 5.32 Å². The number of rotatable bonds is 51. The van der Waals surface area contributed by atoms with Gasteiger partial charge in [-0.25, -0.2) is 0 Å². The van der Waals surface area contributed by atoms with Crippen molar-refractivity contribution in [2.45, 2.75) is 320 Å². The molecule has 410 valence electrons. The van der Waals surface area contributed by atoms with E-state index in [1.54, 1.807) is 6.08 Å². The first-order chi connectivity index (χ1) is 34.3. The van der Waals surface area contributed by atoms with E-state index in [1.807, 2.05) is 6.08 Å². The first-order valence-corrected chi connectivity index (χ1v) is 29.9. The summed E-state index contributed by atoms with van der Waals surface area (Å²) in [7, 11) is 0. The van der Waals surface area contributed by atoms with E-state index in [4.69, 9.17) is 9.47 Å². The molecule has 1 rings (SSSR count). The minimum absolute atomic E-state index is 0.189. The fourth-order valence-electron chi connectivity index (χ4n) is 9.36. The lowest BCUT2D eigenvalue weighted by atomic mass is 9.99. The quantitative estimate of drug-likeness (QED) is 0.0261. The molecule has 1 heterocycles. The van der Waals surface area contributed by atoms with E-state index in [1.165, 1.54) is 212 Å². The van der Waals surface area contributed by atoms with Crippen molar-refractivity contribution >= 4 is 5.91 Å². The Morgan fingerprint density at radius 2 is 0.814 bits per heavy atom. The zero-order chi connectivity index (χ0) is 50.8. The van der Waals surface area contributed by atoms with Gasteiger partial charge in [0.05, 0.1) is 25.4 Å². The van der Waals surface area contributed by atoms with Gasteiger partial charge in [-0.2, -0.15) is 0 Å². The molecular formula is C61H113NO8. The van der Waals surface area contributed by atoms with Gasteiger partial charge in [0, 0.05) is 6.42 Å². The maximum atomic E-state index is 13.1. The summed E-state index contributed by atoms with van der Waals surface area (Å²) in [6.07, 6.45) is 60.4. The van der Waals surface area contributed by atoms with E-state index < -0.39 is 49.5 Å². The zero-order valence-corrected chi connectivity index (χ0v) is 45.5. The van der Waals surface area contributed by atoms with E-state index in [0.717, 1.165) is 44.9 Å². The number of ether oxygens (including phenoxy) is 2. The minimum Gasteiger partial charge on any atom is -0.394 e. The van der Waals surface area contributed by atoms with Gasteiger partial charge in [0.15, 0.2) is 6.29 Å². The Kier molecular flexibility index (Phi) is 47.9. The number of unbranched alkanes of at least 4 members (excludes halogenated alkanes) is 35. The predicted molar refractivity (Wildman–Crippen MR) is 295 cm³/mol. The van der Waals surface area contributed by atoms with Crippen molar-refractivity contribution in [3.63, 3.8) is 0 Å². The summed E-state index contributed by atoms with van der Waals surface area (Å²) >= 11 is 0. The minimum atomic E-state index is -1.58. The number of hydrogen-bond donors (Lipinski definition) is 6. The maximum absolute atomic E-state index is 13.1. The molecule has 0 bridgehead atoms. The molecule has 7 atom stereocenters. The molecule has 1 amide bonds. The van der Waals surface area contributed by atoms with E-state index >= 15 is 0 Å². The number of hydrogen-bond acceptors (Lipinski definition) is 8. The third-order valence-corrected chi connectivity index (χ3v) is 14.1. The normalized spacial score (nSPS) is 19.7. The zero-order valence-electron chi connectivity index (χ0n) is 45.5. The Morgan fingerprint density at radius 3 is 1.20 bits per heavy atom. The molecule has 9 nitrogen and oxygen atoms in total. The van der Waals surface area contributed by atoms with Gasteiger partial charge in [0.1, 0.15) is 24.4 Å². The molecule has 6 N–H and O–H groups in total. The molecule has 0 aromatic rings. The standard InChI is InChI=1S/C61H113NO8/c1-3-5-7-9-11-13-15-17-19-21-23-25-27-29-30-32-34-36-38-40-42-44-46-48-50-55(64)54(53-69-61-60(68)59(67)58(66)56(52-63)70-61)62-57(65)51-49-47-45-43-41-39-37-35-33-31-28-26-24-22-20-18-16-14-12-10-8-6-4-2/h22,24,32,34,40,42,48,50,54-56,58-61,63-64,66-68H,3-21,23,25-31,33,35-39,41,43-47,49,51-53H2,1-2H3,(H,62,65)/b24-22-,34-32+,42-40+,50-48+. The van der Waals surface area contributed by atoms with E-state index in [2.05, 4.69) is 55.6 Å². The highest BCUT2D eigenvalue weighted by molar-refractivity contribution is 5.76. The van der Waals surface area contributed by atoms with Crippen molar-refractivity contribution in [3.05, 3.63) is 48.6 Å². The predicted octanol–water partition coefficient (Wildman–Crippen LogP) is 14.9. The van der Waals surface area contributed by atoms with E-state index in [0.29, 0.717) is 6.42 Å². The Labute approximate surface area is 431 Å². The van der Waals surface area contributed by atoms with Gasteiger partial charge in [-0.3, -0.25) is 4.79 Å². The van der Waals surface area contributed by atoms with Crippen molar-refractivity contribution in [2.24, 2.45) is 0 Å². The molecule has 1 saturated heterocycles. The van der Waals surface area contributed by atoms with Crippen molar-refractivity contribution in [2.75, 3.05) is 13.2 Å². The lowest BCUT2D eigenvalue weighted by molar-refractivity contribution is -0.302. The summed E-state index contributed by atoms with van der Waals surface area (Å²) in [5.41, 5.74) is 0. The Hall–Kier alpha value is -1.85. The molecule has 0 aromatic heterocycles. The van der Waals surface area contributed by atoms with Gasteiger partial charge < -0.3 is 40.3 Å². The molecule has 0 aliphatic carbocycles. The third-order valence-electron chi connectivity index (χ3n) is 14.1. The molecule has 70 heavy (non-hydrogen) atoms. The number of aliphatic hydroxyl groups excluding tert-OH is 5. The number of nitrogens with one attached hydrogen (secondary N) is 1. The molecule has 0 saturated carbocycles. The molecule has 1 aliphatic rings. The van der Waals surface area contributed by atoms with E-state index in [-0.39, 0.29) is 12.5 Å². The molecule has 1 aliphatic heterocycles. The highest BCUT2D eigenvalue weighted by Crippen LogP contribution is 2.23. The van der Waals surface area contributed by atoms with Crippen LogP contribution in [0.4, 0.5) is 0 Å². The van der Waals surface area contributed by atoms with Gasteiger partial charge in [0.2, 0.25) is 5.91 Å². The molecule has 9 heteroatoms. The maximum Gasteiger partial charge on any atom is 0.220 e. The number of allylic oxidation sites excluding steroid dienone is 7. The highest BCUT2D eigenvalue weighted by atomic mass is 16.7. The molecule has 0 aromatic carbocycles. The van der Waals surface area contributed by atoms with Gasteiger partial charge in [-0.1, -0.05) is 249 Å². The lowest BCUT2D eigenvalue weighted by Crippen LogP contribution is -2.60. The Balaban J connectivity index is 2.25. The summed E-state index contributed by atoms with van der Waals surface area (Å²) in [6.45, 7) is 3.78. The number of carbonyl (C=O) groups excluding carboxylic acids is 1. The molecule has 1 fully saturated rings. The average Bonchev–Trinajstić information content (AvgIpc) is 3.36. The van der Waals surface area contributed by atoms with Crippen molar-refractivity contribution < 1.29 is 39.8 Å². The second-order valence-electron chi connectivity index (χ2n) is 20.8. The largest absolute Gasteiger partial charge is 0.394 e. The van der Waals surface area contributed by atoms with Gasteiger partial charge in [-0.05, 0) is 70.6 Å². The fraction of sp³-hybridized carbons (Fsp3) is 0.852. The molecule has 7 unspecified atom stereocenters. The first kappa shape index (κ1) is 66.2. The topological polar surface area (TPSA) is 149 Å². The molecule has 0 radical (unpaired) electrons. The summed E-state index contributed by atoms with van der Waals surface area (Å²) in [4.78, 5) is 13.1. The van der Waals surface area contributed by atoms with Crippen LogP contribution in [0.15, 0.2) is 48.6 Å². The van der Waals surface area contributed by atoms with Crippen LogP contribution < -0.4 is 5.32 Å². The van der Waals surface area contributed by atoms with Crippen molar-refractivity contribution in [3.8, 4) is 0 Å². The summed E-state index contributed by atoms with van der Waals surface area (Å²) in [5, 5.41) is 54.5. The number of amides is 1. The molecule has 0 spiro atoms. The van der Waals surface area contributed by atoms with Gasteiger partial charge >= 0.3 is 0 Å². The fourth-order valence-corrected chi connectivity index (χ4v) is 9.36. The summed E-state index contributed by atoms with van der Waals surface area (Å²) in [6, 6.07) is -0.830. The summed E-state index contributed by atoms with van der Waals surface area (Å²) in [5.74, 6) is -0.189.